The summed E-state index contributed by atoms with van der Waals surface area (Å²) in [4.78, 5) is 20.9. The first kappa shape index (κ1) is 18.4. The van der Waals surface area contributed by atoms with Crippen molar-refractivity contribution in [1.82, 2.24) is 9.97 Å². The zero-order valence-corrected chi connectivity index (χ0v) is 15.6. The predicted octanol–water partition coefficient (Wildman–Crippen LogP) is 3.97. The first-order valence-corrected chi connectivity index (χ1v) is 8.63. The van der Waals surface area contributed by atoms with Crippen LogP contribution < -0.4 is 15.4 Å². The number of carbonyl (C=O) groups excluding carboxylic acids is 1. The van der Waals surface area contributed by atoms with Crippen molar-refractivity contribution in [3.63, 3.8) is 0 Å². The normalized spacial score (nSPS) is 10.3. The molecule has 2 N–H and O–H groups in total. The Morgan fingerprint density at radius 3 is 2.48 bits per heavy atom. The summed E-state index contributed by atoms with van der Waals surface area (Å²) in [7, 11) is 1.64. The lowest BCUT2D eigenvalue weighted by Gasteiger charge is -2.10. The maximum absolute atomic E-state index is 12.4. The zero-order valence-electron chi connectivity index (χ0n) is 15.6. The van der Waals surface area contributed by atoms with E-state index in [9.17, 15) is 4.79 Å². The Balaban J connectivity index is 1.60. The summed E-state index contributed by atoms with van der Waals surface area (Å²) in [6.45, 7) is 4.59. The van der Waals surface area contributed by atoms with Gasteiger partial charge < -0.3 is 15.4 Å². The lowest BCUT2D eigenvalue weighted by Crippen LogP contribution is -2.15. The second kappa shape index (κ2) is 8.31. The Kier molecular flexibility index (Phi) is 5.66. The highest BCUT2D eigenvalue weighted by Gasteiger charge is 2.10. The van der Waals surface area contributed by atoms with E-state index in [4.69, 9.17) is 4.74 Å². The van der Waals surface area contributed by atoms with Crippen LogP contribution in [-0.4, -0.2) is 23.0 Å². The van der Waals surface area contributed by atoms with Crippen molar-refractivity contribution in [2.75, 3.05) is 17.7 Å². The van der Waals surface area contributed by atoms with Gasteiger partial charge in [0, 0.05) is 12.2 Å². The van der Waals surface area contributed by atoms with Gasteiger partial charge in [0.15, 0.2) is 0 Å². The van der Waals surface area contributed by atoms with Gasteiger partial charge in [0.2, 0.25) is 0 Å². The molecule has 1 heterocycles. The molecule has 6 nitrogen and oxygen atoms in total. The maximum atomic E-state index is 12.4. The molecule has 0 saturated heterocycles. The number of methoxy groups -OCH3 is 1. The van der Waals surface area contributed by atoms with Crippen LogP contribution in [0.1, 0.15) is 27.2 Å². The molecule has 0 aliphatic rings. The first-order chi connectivity index (χ1) is 13.1. The molecule has 138 valence electrons. The lowest BCUT2D eigenvalue weighted by molar-refractivity contribution is 0.102. The Morgan fingerprint density at radius 2 is 1.81 bits per heavy atom. The van der Waals surface area contributed by atoms with Gasteiger partial charge >= 0.3 is 0 Å². The minimum Gasteiger partial charge on any atom is -0.497 e. The summed E-state index contributed by atoms with van der Waals surface area (Å²) < 4.78 is 5.14. The molecule has 2 aromatic carbocycles. The summed E-state index contributed by atoms with van der Waals surface area (Å²) in [5.41, 5.74) is 4.30. The number of aromatic nitrogens is 2. The minimum atomic E-state index is -0.280. The van der Waals surface area contributed by atoms with Crippen molar-refractivity contribution in [2.45, 2.75) is 20.4 Å². The molecule has 0 saturated carbocycles. The Labute approximate surface area is 158 Å². The van der Waals surface area contributed by atoms with Crippen molar-refractivity contribution >= 4 is 17.4 Å². The third-order valence-electron chi connectivity index (χ3n) is 4.37. The van der Waals surface area contributed by atoms with Crippen LogP contribution in [0.15, 0.2) is 54.9 Å². The predicted molar refractivity (Wildman–Crippen MR) is 106 cm³/mol. The Hall–Kier alpha value is -3.41. The SMILES string of the molecule is COc1ccc(CNc2cnc(C(=O)Nc3cccc(C)c3C)cn2)cc1. The fraction of sp³-hybridized carbons (Fsp3) is 0.190. The van der Waals surface area contributed by atoms with Crippen LogP contribution in [0.25, 0.3) is 0 Å². The highest BCUT2D eigenvalue weighted by molar-refractivity contribution is 6.03. The molecule has 27 heavy (non-hydrogen) atoms. The topological polar surface area (TPSA) is 76.1 Å². The molecule has 0 aliphatic heterocycles. The van der Waals surface area contributed by atoms with Gasteiger partial charge in [-0.25, -0.2) is 9.97 Å². The van der Waals surface area contributed by atoms with Gasteiger partial charge in [0.1, 0.15) is 17.3 Å². The van der Waals surface area contributed by atoms with Gasteiger partial charge in [-0.15, -0.1) is 0 Å². The van der Waals surface area contributed by atoms with Gasteiger partial charge in [-0.3, -0.25) is 4.79 Å². The van der Waals surface area contributed by atoms with Crippen LogP contribution in [0, 0.1) is 13.8 Å². The molecule has 0 unspecified atom stereocenters. The number of ether oxygens (including phenoxy) is 1. The van der Waals surface area contributed by atoms with Crippen LogP contribution in [-0.2, 0) is 6.54 Å². The summed E-state index contributed by atoms with van der Waals surface area (Å²) in [6.07, 6.45) is 3.03. The van der Waals surface area contributed by atoms with Gasteiger partial charge in [0.05, 0.1) is 19.5 Å². The summed E-state index contributed by atoms with van der Waals surface area (Å²) in [5.74, 6) is 1.14. The van der Waals surface area contributed by atoms with E-state index < -0.39 is 0 Å². The third kappa shape index (κ3) is 4.61. The molecule has 1 amide bonds. The average Bonchev–Trinajstić information content (AvgIpc) is 2.70. The number of benzene rings is 2. The number of hydrogen-bond acceptors (Lipinski definition) is 5. The highest BCUT2D eigenvalue weighted by atomic mass is 16.5. The molecule has 0 bridgehead atoms. The van der Waals surface area contributed by atoms with E-state index in [2.05, 4.69) is 20.6 Å². The van der Waals surface area contributed by atoms with E-state index in [1.165, 1.54) is 6.20 Å². The maximum Gasteiger partial charge on any atom is 0.275 e. The monoisotopic (exact) mass is 362 g/mol. The fourth-order valence-electron chi connectivity index (χ4n) is 2.55. The first-order valence-electron chi connectivity index (χ1n) is 8.63. The molecule has 3 rings (SSSR count). The fourth-order valence-corrected chi connectivity index (χ4v) is 2.55. The molecule has 0 radical (unpaired) electrons. The van der Waals surface area contributed by atoms with Crippen LogP contribution in [0.5, 0.6) is 5.75 Å². The summed E-state index contributed by atoms with van der Waals surface area (Å²) in [5, 5.41) is 6.07. The highest BCUT2D eigenvalue weighted by Crippen LogP contribution is 2.18. The van der Waals surface area contributed by atoms with Gasteiger partial charge in [-0.2, -0.15) is 0 Å². The molecule has 0 spiro atoms. The number of rotatable bonds is 6. The van der Waals surface area contributed by atoms with E-state index in [0.29, 0.717) is 12.4 Å². The van der Waals surface area contributed by atoms with Crippen LogP contribution in [0.4, 0.5) is 11.5 Å². The Bertz CT molecular complexity index is 922. The third-order valence-corrected chi connectivity index (χ3v) is 4.37. The van der Waals surface area contributed by atoms with E-state index in [0.717, 1.165) is 28.1 Å². The van der Waals surface area contributed by atoms with Crippen molar-refractivity contribution < 1.29 is 9.53 Å². The molecule has 0 atom stereocenters. The molecule has 0 fully saturated rings. The Morgan fingerprint density at radius 1 is 1.04 bits per heavy atom. The van der Waals surface area contributed by atoms with Crippen LogP contribution >= 0.6 is 0 Å². The second-order valence-electron chi connectivity index (χ2n) is 6.19. The summed E-state index contributed by atoms with van der Waals surface area (Å²) >= 11 is 0. The van der Waals surface area contributed by atoms with E-state index in [-0.39, 0.29) is 11.6 Å². The second-order valence-corrected chi connectivity index (χ2v) is 6.19. The smallest absolute Gasteiger partial charge is 0.275 e. The largest absolute Gasteiger partial charge is 0.497 e. The van der Waals surface area contributed by atoms with Crippen LogP contribution in [0.2, 0.25) is 0 Å². The van der Waals surface area contributed by atoms with Crippen molar-refractivity contribution in [1.29, 1.82) is 0 Å². The standard InChI is InChI=1S/C21H22N4O2/c1-14-5-4-6-18(15(14)2)25-21(26)19-12-24-20(13-22-19)23-11-16-7-9-17(27-3)10-8-16/h4-10,12-13H,11H2,1-3H3,(H,23,24)(H,25,26). The van der Waals surface area contributed by atoms with E-state index in [1.807, 2.05) is 56.3 Å². The summed E-state index contributed by atoms with van der Waals surface area (Å²) in [6, 6.07) is 13.6. The number of anilines is 2. The van der Waals surface area contributed by atoms with Gasteiger partial charge in [-0.05, 0) is 48.7 Å². The molecule has 3 aromatic rings. The number of carbonyl (C=O) groups is 1. The van der Waals surface area contributed by atoms with E-state index >= 15 is 0 Å². The van der Waals surface area contributed by atoms with E-state index in [1.54, 1.807) is 13.3 Å². The van der Waals surface area contributed by atoms with Crippen molar-refractivity contribution in [3.8, 4) is 5.75 Å². The van der Waals surface area contributed by atoms with Gasteiger partial charge in [-0.1, -0.05) is 24.3 Å². The molecule has 0 aliphatic carbocycles. The number of hydrogen-bond donors (Lipinski definition) is 2. The van der Waals surface area contributed by atoms with Crippen LogP contribution in [0.3, 0.4) is 0 Å². The molecular formula is C21H22N4O2. The number of amides is 1. The zero-order chi connectivity index (χ0) is 19.2. The van der Waals surface area contributed by atoms with Crippen molar-refractivity contribution in [2.24, 2.45) is 0 Å². The number of aryl methyl sites for hydroxylation is 1. The molecule has 1 aromatic heterocycles. The minimum absolute atomic E-state index is 0.269. The average molecular weight is 362 g/mol. The molecule has 6 heteroatoms. The van der Waals surface area contributed by atoms with Crippen molar-refractivity contribution in [3.05, 3.63) is 77.2 Å². The number of nitrogens with one attached hydrogen (secondary N) is 2. The molecular weight excluding hydrogens is 340 g/mol. The van der Waals surface area contributed by atoms with Gasteiger partial charge in [0.25, 0.3) is 5.91 Å². The quantitative estimate of drug-likeness (QED) is 0.694. The lowest BCUT2D eigenvalue weighted by atomic mass is 10.1. The number of nitrogens with zero attached hydrogens (tertiary/aromatic N) is 2.